The van der Waals surface area contributed by atoms with Gasteiger partial charge in [-0.2, -0.15) is 11.6 Å². The zero-order valence-electron chi connectivity index (χ0n) is 29.4. The van der Waals surface area contributed by atoms with E-state index in [-0.39, 0.29) is 30.1 Å². The maximum Gasteiger partial charge on any atom is 0.00394 e. The van der Waals surface area contributed by atoms with Gasteiger partial charge in [-0.25, -0.2) is 11.3 Å². The monoisotopic (exact) mass is 706 g/mol. The van der Waals surface area contributed by atoms with Crippen molar-refractivity contribution in [1.29, 1.82) is 0 Å². The molecule has 8 rings (SSSR count). The average molecular weight is 707 g/mol. The minimum Gasteiger partial charge on any atom is -0.748 e. The minimum absolute atomic E-state index is 0. The summed E-state index contributed by atoms with van der Waals surface area (Å²) in [6, 6.07) is 15.6. The van der Waals surface area contributed by atoms with Crippen molar-refractivity contribution in [3.8, 4) is 0 Å². The molecule has 4 bridgehead atoms. The Hall–Kier alpha value is 0.216. The Kier molecular flexibility index (Phi) is 12.2. The molecular weight excluding hydrogens is 642 g/mol. The van der Waals surface area contributed by atoms with Gasteiger partial charge >= 0.3 is 0 Å². The van der Waals surface area contributed by atoms with Crippen LogP contribution in [0, 0.1) is 35.5 Å². The summed E-state index contributed by atoms with van der Waals surface area (Å²) >= 11 is 0. The molecule has 2 aliphatic heterocycles. The number of rotatable bonds is 7. The molecule has 6 heteroatoms. The van der Waals surface area contributed by atoms with Gasteiger partial charge in [0.05, 0.1) is 0 Å². The molecule has 258 valence electrons. The molecule has 2 heterocycles. The van der Waals surface area contributed by atoms with E-state index in [0.29, 0.717) is 5.16 Å². The Morgan fingerprint density at radius 1 is 0.844 bits per heavy atom. The molecular formula is C39H64FeN2P2Si-6. The van der Waals surface area contributed by atoms with Gasteiger partial charge in [-0.15, -0.1) is 22.7 Å². The van der Waals surface area contributed by atoms with Crippen LogP contribution in [-0.2, 0) is 28.4 Å². The third-order valence-corrected chi connectivity index (χ3v) is 19.8. The quantitative estimate of drug-likeness (QED) is 0.171. The third kappa shape index (κ3) is 8.01. The van der Waals surface area contributed by atoms with Crippen molar-refractivity contribution < 1.29 is 17.1 Å². The predicted octanol–water partition coefficient (Wildman–Crippen LogP) is 9.03. The first-order valence-electron chi connectivity index (χ1n) is 18.4. The number of hydrogen-bond donors (Lipinski definition) is 2. The Bertz CT molecular complexity index is 1120. The largest absolute Gasteiger partial charge is 0.748 e. The van der Waals surface area contributed by atoms with Crippen molar-refractivity contribution in [3.63, 3.8) is 0 Å². The van der Waals surface area contributed by atoms with E-state index in [1.807, 2.05) is 30.3 Å². The molecule has 4 unspecified atom stereocenters. The van der Waals surface area contributed by atoms with Crippen molar-refractivity contribution in [3.05, 3.63) is 53.6 Å². The van der Waals surface area contributed by atoms with E-state index in [1.54, 1.807) is 48.4 Å². The van der Waals surface area contributed by atoms with Crippen LogP contribution in [0.5, 0.6) is 0 Å². The van der Waals surface area contributed by atoms with Crippen molar-refractivity contribution >= 4 is 30.4 Å². The SMILES string of the molecule is CC(C)(C)P(C[c-]1cc([Si](C)(C)C)cc1C(P)(C1CCCNC1)C1CCCNC1)C1C2CC3CC(C2)CC1C3.[Fe].[cH-]1[cH-][cH-][cH-][cH-]1. The first kappa shape index (κ1) is 36.5. The molecule has 0 spiro atoms. The second kappa shape index (κ2) is 15.0. The van der Waals surface area contributed by atoms with E-state index in [9.17, 15) is 0 Å². The second-order valence-corrected chi connectivity index (χ2v) is 26.9. The molecule has 6 aliphatic rings. The van der Waals surface area contributed by atoms with Gasteiger partial charge in [0.1, 0.15) is 0 Å². The second-order valence-electron chi connectivity index (χ2n) is 17.6. The summed E-state index contributed by atoms with van der Waals surface area (Å²) < 4.78 is 0. The summed E-state index contributed by atoms with van der Waals surface area (Å²) in [5, 5.41) is 10.0. The van der Waals surface area contributed by atoms with Crippen LogP contribution in [0.3, 0.4) is 0 Å². The van der Waals surface area contributed by atoms with Gasteiger partial charge in [0.15, 0.2) is 0 Å². The van der Waals surface area contributed by atoms with Gasteiger partial charge in [0.2, 0.25) is 0 Å². The molecule has 45 heavy (non-hydrogen) atoms. The fourth-order valence-corrected chi connectivity index (χ4v) is 16.2. The summed E-state index contributed by atoms with van der Waals surface area (Å²) in [6.07, 6.45) is 14.6. The van der Waals surface area contributed by atoms with E-state index >= 15 is 0 Å². The van der Waals surface area contributed by atoms with Gasteiger partial charge in [-0.1, -0.05) is 46.6 Å². The standard InChI is InChI=1S/C34H59N2P2Si.C5H5.Fe/c1-33(2,3)38(32-25-14-23-13-24(16-25)17-26(32)15-23)22-27-18-30(39(4,5)6)19-31(27)34(37,28-9-7-11-35-20-28)29-10-8-12-36-21-29;1-2-4-5-3-1;/h18-19,23-26,28-29,32,35-36H,7-17,20-22,37H2,1-6H3;1-5H;/q-1;-5;. The fraction of sp³-hybridized carbons (Fsp3) is 0.744. The molecule has 2 saturated heterocycles. The Morgan fingerprint density at radius 3 is 1.73 bits per heavy atom. The molecule has 4 atom stereocenters. The van der Waals surface area contributed by atoms with E-state index in [2.05, 4.69) is 72.4 Å². The average Bonchev–Trinajstić information content (AvgIpc) is 3.70. The predicted molar refractivity (Wildman–Crippen MR) is 201 cm³/mol. The molecule has 2 aromatic carbocycles. The zero-order chi connectivity index (χ0) is 31.1. The van der Waals surface area contributed by atoms with E-state index < -0.39 is 8.07 Å². The molecule has 0 amide bonds. The molecule has 6 fully saturated rings. The van der Waals surface area contributed by atoms with Crippen LogP contribution < -0.4 is 15.8 Å². The molecule has 4 saturated carbocycles. The zero-order valence-corrected chi connectivity index (χ0v) is 33.5. The first-order chi connectivity index (χ1) is 20.9. The molecule has 2 nitrogen and oxygen atoms in total. The topological polar surface area (TPSA) is 24.1 Å². The van der Waals surface area contributed by atoms with Crippen LogP contribution >= 0.6 is 17.2 Å². The van der Waals surface area contributed by atoms with Gasteiger partial charge < -0.3 is 41.0 Å². The van der Waals surface area contributed by atoms with E-state index in [0.717, 1.165) is 41.2 Å². The summed E-state index contributed by atoms with van der Waals surface area (Å²) in [5.74, 6) is 5.66. The number of hydrogen-bond acceptors (Lipinski definition) is 2. The third-order valence-electron chi connectivity index (χ3n) is 12.5. The van der Waals surface area contributed by atoms with Crippen LogP contribution in [0.1, 0.15) is 89.7 Å². The number of piperidine rings is 2. The Labute approximate surface area is 292 Å². The van der Waals surface area contributed by atoms with Crippen LogP contribution in [0.2, 0.25) is 19.6 Å². The Morgan fingerprint density at radius 2 is 1.33 bits per heavy atom. The summed E-state index contributed by atoms with van der Waals surface area (Å²) in [5.41, 5.74) is 4.57. The van der Waals surface area contributed by atoms with Gasteiger partial charge in [0.25, 0.3) is 0 Å². The smallest absolute Gasteiger partial charge is 0.00394 e. The van der Waals surface area contributed by atoms with Crippen LogP contribution in [-0.4, -0.2) is 45.1 Å². The molecule has 4 aliphatic carbocycles. The molecule has 2 aromatic rings. The molecule has 0 radical (unpaired) electrons. The van der Waals surface area contributed by atoms with Crippen LogP contribution in [0.4, 0.5) is 0 Å². The minimum atomic E-state index is -1.42. The maximum atomic E-state index is 3.84. The van der Waals surface area contributed by atoms with Crippen LogP contribution in [0.25, 0.3) is 0 Å². The van der Waals surface area contributed by atoms with Gasteiger partial charge in [-0.3, -0.25) is 0 Å². The van der Waals surface area contributed by atoms with E-state index in [1.165, 1.54) is 58.0 Å². The van der Waals surface area contributed by atoms with Crippen LogP contribution in [0.15, 0.2) is 42.5 Å². The van der Waals surface area contributed by atoms with Crippen molar-refractivity contribution in [2.45, 2.75) is 120 Å². The van der Waals surface area contributed by atoms with Gasteiger partial charge in [0, 0.05) is 25.1 Å². The first-order valence-corrected chi connectivity index (χ1v) is 24.1. The normalized spacial score (nSPS) is 33.4. The summed E-state index contributed by atoms with van der Waals surface area (Å²) in [6.45, 7) is 20.4. The van der Waals surface area contributed by atoms with Crippen molar-refractivity contribution in [2.24, 2.45) is 35.5 Å². The fourth-order valence-electron chi connectivity index (χ4n) is 10.5. The number of nitrogens with one attached hydrogen (secondary N) is 2. The van der Waals surface area contributed by atoms with E-state index in [4.69, 9.17) is 0 Å². The van der Waals surface area contributed by atoms with Gasteiger partial charge in [-0.05, 0) is 135 Å². The van der Waals surface area contributed by atoms with Crippen molar-refractivity contribution in [2.75, 3.05) is 26.2 Å². The summed E-state index contributed by atoms with van der Waals surface area (Å²) in [7, 11) is 2.11. The molecule has 2 N–H and O–H groups in total. The maximum absolute atomic E-state index is 3.84. The van der Waals surface area contributed by atoms with Crippen molar-refractivity contribution in [1.82, 2.24) is 10.6 Å². The molecule has 0 aromatic heterocycles. The Balaban J connectivity index is 0.000000609. The summed E-state index contributed by atoms with van der Waals surface area (Å²) in [4.78, 5) is 0.